The minimum absolute atomic E-state index is 0.00810. The van der Waals surface area contributed by atoms with Gasteiger partial charge in [0.15, 0.2) is 0 Å². The first-order valence-corrected chi connectivity index (χ1v) is 5.73. The summed E-state index contributed by atoms with van der Waals surface area (Å²) in [6.07, 6.45) is 3.11. The zero-order chi connectivity index (χ0) is 11.1. The van der Waals surface area contributed by atoms with E-state index in [1.165, 1.54) is 0 Å². The van der Waals surface area contributed by atoms with Gasteiger partial charge in [0.05, 0.1) is 0 Å². The van der Waals surface area contributed by atoms with Crippen molar-refractivity contribution in [3.63, 3.8) is 0 Å². The van der Waals surface area contributed by atoms with E-state index in [0.717, 1.165) is 38.9 Å². The summed E-state index contributed by atoms with van der Waals surface area (Å²) in [5, 5.41) is 3.31. The Morgan fingerprint density at radius 2 is 2.13 bits per heavy atom. The van der Waals surface area contributed by atoms with E-state index in [0.29, 0.717) is 6.04 Å². The Kier molecular flexibility index (Phi) is 5.20. The third kappa shape index (κ3) is 3.56. The molecule has 84 valence electrons. The second kappa shape index (κ2) is 6.47. The van der Waals surface area contributed by atoms with Gasteiger partial charge < -0.3 is 10.2 Å². The third-order valence-electron chi connectivity index (χ3n) is 2.71. The zero-order valence-electron chi connectivity index (χ0n) is 9.68. The van der Waals surface area contributed by atoms with Gasteiger partial charge in [-0.05, 0) is 45.2 Å². The summed E-state index contributed by atoms with van der Waals surface area (Å²) in [5.74, 6) is 5.32. The maximum atomic E-state index is 11.8. The second-order valence-corrected chi connectivity index (χ2v) is 3.85. The van der Waals surface area contributed by atoms with Gasteiger partial charge in [0, 0.05) is 12.6 Å². The fourth-order valence-corrected chi connectivity index (χ4v) is 1.99. The molecule has 15 heavy (non-hydrogen) atoms. The maximum absolute atomic E-state index is 11.8. The molecule has 1 aliphatic rings. The Hall–Kier alpha value is -1.01. The summed E-state index contributed by atoms with van der Waals surface area (Å²) in [5.41, 5.74) is 0. The standard InChI is InChI=1S/C12H20N2O/c1-3-5-12(15)14(10-4-2)11-6-8-13-9-7-11/h11,13H,4,6-10H2,1-2H3. The molecule has 1 fully saturated rings. The Morgan fingerprint density at radius 1 is 1.47 bits per heavy atom. The number of nitrogens with one attached hydrogen (secondary N) is 1. The van der Waals surface area contributed by atoms with Crippen LogP contribution in [-0.4, -0.2) is 36.5 Å². The highest BCUT2D eigenvalue weighted by Crippen LogP contribution is 2.12. The van der Waals surface area contributed by atoms with E-state index in [2.05, 4.69) is 24.1 Å². The van der Waals surface area contributed by atoms with Gasteiger partial charge in [0.2, 0.25) is 0 Å². The smallest absolute Gasteiger partial charge is 0.298 e. The Bertz CT molecular complexity index is 259. The molecule has 0 unspecified atom stereocenters. The van der Waals surface area contributed by atoms with E-state index in [1.807, 2.05) is 4.90 Å². The quantitative estimate of drug-likeness (QED) is 0.702. The molecule has 1 saturated heterocycles. The molecule has 1 heterocycles. The minimum Gasteiger partial charge on any atom is -0.329 e. The van der Waals surface area contributed by atoms with Crippen molar-refractivity contribution in [3.05, 3.63) is 0 Å². The fraction of sp³-hybridized carbons (Fsp3) is 0.750. The van der Waals surface area contributed by atoms with Crippen molar-refractivity contribution in [2.24, 2.45) is 0 Å². The van der Waals surface area contributed by atoms with Crippen molar-refractivity contribution < 1.29 is 4.79 Å². The number of amides is 1. The normalized spacial score (nSPS) is 16.7. The molecular formula is C12H20N2O. The number of nitrogens with zero attached hydrogens (tertiary/aromatic N) is 1. The minimum atomic E-state index is -0.00810. The van der Waals surface area contributed by atoms with Crippen molar-refractivity contribution in [3.8, 4) is 11.8 Å². The van der Waals surface area contributed by atoms with Crippen LogP contribution in [0.25, 0.3) is 0 Å². The number of rotatable bonds is 3. The average Bonchev–Trinajstić information content (AvgIpc) is 2.27. The van der Waals surface area contributed by atoms with Crippen LogP contribution in [0.3, 0.4) is 0 Å². The second-order valence-electron chi connectivity index (χ2n) is 3.85. The van der Waals surface area contributed by atoms with Gasteiger partial charge in [-0.25, -0.2) is 0 Å². The van der Waals surface area contributed by atoms with E-state index in [1.54, 1.807) is 6.92 Å². The highest BCUT2D eigenvalue weighted by Gasteiger charge is 2.23. The first kappa shape index (κ1) is 12.1. The van der Waals surface area contributed by atoms with E-state index in [-0.39, 0.29) is 5.91 Å². The Balaban J connectivity index is 2.61. The molecule has 0 aromatic heterocycles. The SMILES string of the molecule is CC#CC(=O)N(CCC)C1CCNCC1. The highest BCUT2D eigenvalue weighted by atomic mass is 16.2. The van der Waals surface area contributed by atoms with Crippen LogP contribution in [0, 0.1) is 11.8 Å². The molecule has 0 aliphatic carbocycles. The van der Waals surface area contributed by atoms with Gasteiger partial charge in [-0.2, -0.15) is 0 Å². The van der Waals surface area contributed by atoms with E-state index < -0.39 is 0 Å². The lowest BCUT2D eigenvalue weighted by atomic mass is 10.0. The summed E-state index contributed by atoms with van der Waals surface area (Å²) in [4.78, 5) is 13.7. The number of hydrogen-bond donors (Lipinski definition) is 1. The van der Waals surface area contributed by atoms with Crippen LogP contribution < -0.4 is 5.32 Å². The van der Waals surface area contributed by atoms with Gasteiger partial charge >= 0.3 is 0 Å². The van der Waals surface area contributed by atoms with E-state index >= 15 is 0 Å². The van der Waals surface area contributed by atoms with Crippen molar-refractivity contribution in [1.29, 1.82) is 0 Å². The average molecular weight is 208 g/mol. The van der Waals surface area contributed by atoms with Crippen LogP contribution in [0.5, 0.6) is 0 Å². The lowest BCUT2D eigenvalue weighted by Gasteiger charge is -2.33. The van der Waals surface area contributed by atoms with Crippen LogP contribution >= 0.6 is 0 Å². The van der Waals surface area contributed by atoms with Crippen molar-refractivity contribution in [2.75, 3.05) is 19.6 Å². The highest BCUT2D eigenvalue weighted by molar-refractivity contribution is 5.93. The van der Waals surface area contributed by atoms with Crippen LogP contribution in [0.15, 0.2) is 0 Å². The van der Waals surface area contributed by atoms with Crippen LogP contribution in [0.1, 0.15) is 33.1 Å². The lowest BCUT2D eigenvalue weighted by Crippen LogP contribution is -2.46. The largest absolute Gasteiger partial charge is 0.329 e. The molecule has 0 radical (unpaired) electrons. The summed E-state index contributed by atoms with van der Waals surface area (Å²) in [6.45, 7) is 6.67. The molecule has 1 amide bonds. The van der Waals surface area contributed by atoms with Crippen molar-refractivity contribution >= 4 is 5.91 Å². The zero-order valence-corrected chi connectivity index (χ0v) is 9.68. The molecule has 0 aromatic rings. The number of carbonyl (C=O) groups is 1. The summed E-state index contributed by atoms with van der Waals surface area (Å²) >= 11 is 0. The van der Waals surface area contributed by atoms with Crippen molar-refractivity contribution in [1.82, 2.24) is 10.2 Å². The maximum Gasteiger partial charge on any atom is 0.298 e. The monoisotopic (exact) mass is 208 g/mol. The number of hydrogen-bond acceptors (Lipinski definition) is 2. The fourth-order valence-electron chi connectivity index (χ4n) is 1.99. The molecule has 1 N–H and O–H groups in total. The molecule has 3 nitrogen and oxygen atoms in total. The predicted octanol–water partition coefficient (Wildman–Crippen LogP) is 1.00. The van der Waals surface area contributed by atoms with Crippen LogP contribution in [0.2, 0.25) is 0 Å². The predicted molar refractivity (Wildman–Crippen MR) is 61.3 cm³/mol. The first-order valence-electron chi connectivity index (χ1n) is 5.73. The van der Waals surface area contributed by atoms with Gasteiger partial charge in [-0.1, -0.05) is 12.8 Å². The van der Waals surface area contributed by atoms with E-state index in [9.17, 15) is 4.79 Å². The van der Waals surface area contributed by atoms with Gasteiger partial charge in [0.1, 0.15) is 0 Å². The molecule has 1 rings (SSSR count). The van der Waals surface area contributed by atoms with Crippen molar-refractivity contribution in [2.45, 2.75) is 39.2 Å². The summed E-state index contributed by atoms with van der Waals surface area (Å²) in [7, 11) is 0. The number of carbonyl (C=O) groups excluding carboxylic acids is 1. The molecule has 0 bridgehead atoms. The molecule has 3 heteroatoms. The summed E-state index contributed by atoms with van der Waals surface area (Å²) < 4.78 is 0. The molecule has 0 saturated carbocycles. The molecule has 0 atom stereocenters. The molecule has 0 spiro atoms. The molecule has 0 aromatic carbocycles. The van der Waals surface area contributed by atoms with Crippen LogP contribution in [-0.2, 0) is 4.79 Å². The Labute approximate surface area is 92.2 Å². The number of piperidine rings is 1. The van der Waals surface area contributed by atoms with Gasteiger partial charge in [0.25, 0.3) is 5.91 Å². The topological polar surface area (TPSA) is 32.3 Å². The third-order valence-corrected chi connectivity index (χ3v) is 2.71. The Morgan fingerprint density at radius 3 is 2.67 bits per heavy atom. The summed E-state index contributed by atoms with van der Waals surface area (Å²) in [6, 6.07) is 0.388. The van der Waals surface area contributed by atoms with Gasteiger partial charge in [-0.15, -0.1) is 0 Å². The first-order chi connectivity index (χ1) is 7.29. The molecule has 1 aliphatic heterocycles. The van der Waals surface area contributed by atoms with Crippen LogP contribution in [0.4, 0.5) is 0 Å². The van der Waals surface area contributed by atoms with Gasteiger partial charge in [-0.3, -0.25) is 4.79 Å². The molecular weight excluding hydrogens is 188 g/mol. The lowest BCUT2D eigenvalue weighted by molar-refractivity contribution is -0.127. The van der Waals surface area contributed by atoms with E-state index in [4.69, 9.17) is 0 Å².